The molecule has 8 nitrogen and oxygen atoms in total. The Hall–Kier alpha value is -2.71. The van der Waals surface area contributed by atoms with Gasteiger partial charge in [0.05, 0.1) is 19.3 Å². The van der Waals surface area contributed by atoms with Crippen LogP contribution < -0.4 is 16.0 Å². The van der Waals surface area contributed by atoms with E-state index in [4.69, 9.17) is 15.5 Å². The van der Waals surface area contributed by atoms with Gasteiger partial charge < -0.3 is 15.8 Å². The second kappa shape index (κ2) is 8.20. The molecule has 3 aliphatic rings. The third-order valence-electron chi connectivity index (χ3n) is 6.36. The van der Waals surface area contributed by atoms with Gasteiger partial charge in [0.15, 0.2) is 0 Å². The van der Waals surface area contributed by atoms with Crippen molar-refractivity contribution in [3.8, 4) is 0 Å². The molecule has 2 aromatic heterocycles. The van der Waals surface area contributed by atoms with Crippen molar-refractivity contribution in [2.75, 3.05) is 48.8 Å². The van der Waals surface area contributed by atoms with Crippen LogP contribution in [0.15, 0.2) is 30.5 Å². The Morgan fingerprint density at radius 3 is 2.60 bits per heavy atom. The highest BCUT2D eigenvalue weighted by atomic mass is 16.5. The zero-order valence-electron chi connectivity index (χ0n) is 17.1. The minimum Gasteiger partial charge on any atom is -0.399 e. The van der Waals surface area contributed by atoms with Gasteiger partial charge in [-0.25, -0.2) is 9.97 Å². The molecule has 0 aromatic carbocycles. The molecule has 158 valence electrons. The standard InChI is InChI=1S/C22H28N6O2/c23-17-3-6-24-19(12-17)25-20-10-16(11-21(26-20)28-7-1-2-22(28)29)15-4-8-27(9-5-15)18-13-30-14-18/h3,6,10-12,15,18H,1-2,4-5,7-9,13-14H2,(H3,23,24,25,26). The molecule has 30 heavy (non-hydrogen) atoms. The lowest BCUT2D eigenvalue weighted by atomic mass is 9.89. The highest BCUT2D eigenvalue weighted by Crippen LogP contribution is 2.34. The summed E-state index contributed by atoms with van der Waals surface area (Å²) >= 11 is 0. The van der Waals surface area contributed by atoms with Gasteiger partial charge in [-0.2, -0.15) is 0 Å². The monoisotopic (exact) mass is 408 g/mol. The predicted molar refractivity (Wildman–Crippen MR) is 116 cm³/mol. The van der Waals surface area contributed by atoms with Crippen LogP contribution in [0.25, 0.3) is 0 Å². The van der Waals surface area contributed by atoms with Crippen LogP contribution in [0.2, 0.25) is 0 Å². The molecular weight excluding hydrogens is 380 g/mol. The first-order valence-electron chi connectivity index (χ1n) is 10.8. The number of amides is 1. The molecular formula is C22H28N6O2. The minimum atomic E-state index is 0.146. The summed E-state index contributed by atoms with van der Waals surface area (Å²) in [6.07, 6.45) is 5.35. The van der Waals surface area contributed by atoms with Gasteiger partial charge in [0.2, 0.25) is 5.91 Å². The number of anilines is 4. The molecule has 5 heterocycles. The first-order chi connectivity index (χ1) is 14.7. The lowest BCUT2D eigenvalue weighted by Gasteiger charge is -2.41. The summed E-state index contributed by atoms with van der Waals surface area (Å²) in [6.45, 7) is 4.62. The number of aromatic nitrogens is 2. The Morgan fingerprint density at radius 1 is 1.10 bits per heavy atom. The topological polar surface area (TPSA) is 96.6 Å². The maximum absolute atomic E-state index is 12.4. The Kier molecular flexibility index (Phi) is 5.26. The zero-order valence-corrected chi connectivity index (χ0v) is 17.1. The molecule has 1 amide bonds. The van der Waals surface area contributed by atoms with E-state index in [1.165, 1.54) is 5.56 Å². The van der Waals surface area contributed by atoms with Crippen LogP contribution in [0.5, 0.6) is 0 Å². The number of hydrogen-bond donors (Lipinski definition) is 2. The highest BCUT2D eigenvalue weighted by molar-refractivity contribution is 5.94. The second-order valence-corrected chi connectivity index (χ2v) is 8.39. The van der Waals surface area contributed by atoms with Crippen LogP contribution in [-0.2, 0) is 9.53 Å². The highest BCUT2D eigenvalue weighted by Gasteiger charge is 2.31. The maximum Gasteiger partial charge on any atom is 0.228 e. The minimum absolute atomic E-state index is 0.146. The molecule has 0 aliphatic carbocycles. The van der Waals surface area contributed by atoms with Gasteiger partial charge in [0.1, 0.15) is 17.5 Å². The molecule has 0 radical (unpaired) electrons. The normalized spacial score (nSPS) is 21.1. The number of carbonyl (C=O) groups is 1. The van der Waals surface area contributed by atoms with Crippen molar-refractivity contribution in [3.05, 3.63) is 36.0 Å². The van der Waals surface area contributed by atoms with E-state index in [2.05, 4.69) is 27.3 Å². The van der Waals surface area contributed by atoms with E-state index in [1.807, 2.05) is 4.90 Å². The van der Waals surface area contributed by atoms with Crippen molar-refractivity contribution in [2.24, 2.45) is 0 Å². The van der Waals surface area contributed by atoms with Crippen LogP contribution in [0, 0.1) is 0 Å². The summed E-state index contributed by atoms with van der Waals surface area (Å²) in [4.78, 5) is 25.8. The molecule has 3 aliphatic heterocycles. The average molecular weight is 409 g/mol. The number of piperidine rings is 1. The van der Waals surface area contributed by atoms with Gasteiger partial charge in [-0.3, -0.25) is 14.6 Å². The molecule has 0 bridgehead atoms. The molecule has 0 atom stereocenters. The van der Waals surface area contributed by atoms with E-state index < -0.39 is 0 Å². The summed E-state index contributed by atoms with van der Waals surface area (Å²) in [7, 11) is 0. The molecule has 5 rings (SSSR count). The molecule has 3 N–H and O–H groups in total. The van der Waals surface area contributed by atoms with E-state index in [9.17, 15) is 4.79 Å². The fraction of sp³-hybridized carbons (Fsp3) is 0.500. The van der Waals surface area contributed by atoms with E-state index in [0.29, 0.717) is 35.7 Å². The first kappa shape index (κ1) is 19.3. The molecule has 8 heteroatoms. The van der Waals surface area contributed by atoms with Gasteiger partial charge in [0.25, 0.3) is 0 Å². The van der Waals surface area contributed by atoms with Crippen molar-refractivity contribution >= 4 is 29.0 Å². The summed E-state index contributed by atoms with van der Waals surface area (Å²) in [5.41, 5.74) is 7.77. The lowest BCUT2D eigenvalue weighted by molar-refractivity contribution is -0.117. The molecule has 0 unspecified atom stereocenters. The van der Waals surface area contributed by atoms with Crippen molar-refractivity contribution in [1.29, 1.82) is 0 Å². The van der Waals surface area contributed by atoms with Crippen LogP contribution in [-0.4, -0.2) is 59.7 Å². The third-order valence-corrected chi connectivity index (χ3v) is 6.36. The number of rotatable bonds is 5. The van der Waals surface area contributed by atoms with E-state index in [0.717, 1.165) is 57.9 Å². The van der Waals surface area contributed by atoms with Crippen molar-refractivity contribution < 1.29 is 9.53 Å². The summed E-state index contributed by atoms with van der Waals surface area (Å²) < 4.78 is 5.35. The number of likely N-dealkylation sites (tertiary alicyclic amines) is 1. The molecule has 0 saturated carbocycles. The fourth-order valence-corrected chi connectivity index (χ4v) is 4.54. The third kappa shape index (κ3) is 3.97. The Bertz CT molecular complexity index is 924. The van der Waals surface area contributed by atoms with Crippen LogP contribution in [0.1, 0.15) is 37.2 Å². The second-order valence-electron chi connectivity index (χ2n) is 8.39. The van der Waals surface area contributed by atoms with Gasteiger partial charge in [-0.05, 0) is 62.0 Å². The van der Waals surface area contributed by atoms with E-state index >= 15 is 0 Å². The van der Waals surface area contributed by atoms with Gasteiger partial charge in [-0.15, -0.1) is 0 Å². The van der Waals surface area contributed by atoms with Crippen molar-refractivity contribution in [2.45, 2.75) is 37.6 Å². The van der Waals surface area contributed by atoms with Gasteiger partial charge in [0, 0.05) is 30.9 Å². The van der Waals surface area contributed by atoms with Crippen LogP contribution >= 0.6 is 0 Å². The molecule has 2 aromatic rings. The van der Waals surface area contributed by atoms with Crippen molar-refractivity contribution in [1.82, 2.24) is 14.9 Å². The number of nitrogens with zero attached hydrogens (tertiary/aromatic N) is 4. The SMILES string of the molecule is Nc1ccnc(Nc2cc(C3CCN(C4COC4)CC3)cc(N3CCCC3=O)n2)c1. The van der Waals surface area contributed by atoms with Gasteiger partial charge in [-0.1, -0.05) is 0 Å². The fourth-order valence-electron chi connectivity index (χ4n) is 4.54. The van der Waals surface area contributed by atoms with E-state index in [1.54, 1.807) is 18.3 Å². The summed E-state index contributed by atoms with van der Waals surface area (Å²) in [6, 6.07) is 8.33. The number of nitrogen functional groups attached to an aromatic ring is 1. The quantitative estimate of drug-likeness (QED) is 0.785. The molecule has 3 saturated heterocycles. The summed E-state index contributed by atoms with van der Waals surface area (Å²) in [5.74, 6) is 2.69. The number of pyridine rings is 2. The number of nitrogens with two attached hydrogens (primary N) is 1. The van der Waals surface area contributed by atoms with Crippen LogP contribution in [0.3, 0.4) is 0 Å². The number of nitrogens with one attached hydrogen (secondary N) is 1. The smallest absolute Gasteiger partial charge is 0.228 e. The Morgan fingerprint density at radius 2 is 1.93 bits per heavy atom. The average Bonchev–Trinajstić information content (AvgIpc) is 3.13. The zero-order chi connectivity index (χ0) is 20.5. The Balaban J connectivity index is 1.40. The lowest BCUT2D eigenvalue weighted by Crippen LogP contribution is -2.51. The number of ether oxygens (including phenoxy) is 1. The van der Waals surface area contributed by atoms with Crippen LogP contribution in [0.4, 0.5) is 23.1 Å². The number of carbonyl (C=O) groups excluding carboxylic acids is 1. The number of hydrogen-bond acceptors (Lipinski definition) is 7. The Labute approximate surface area is 176 Å². The van der Waals surface area contributed by atoms with Crippen molar-refractivity contribution in [3.63, 3.8) is 0 Å². The largest absolute Gasteiger partial charge is 0.399 e. The maximum atomic E-state index is 12.4. The first-order valence-corrected chi connectivity index (χ1v) is 10.8. The predicted octanol–water partition coefficient (Wildman–Crippen LogP) is 2.51. The van der Waals surface area contributed by atoms with E-state index in [-0.39, 0.29) is 5.91 Å². The van der Waals surface area contributed by atoms with Gasteiger partial charge >= 0.3 is 0 Å². The summed E-state index contributed by atoms with van der Waals surface area (Å²) in [5, 5.41) is 3.28. The molecule has 3 fully saturated rings. The molecule has 0 spiro atoms.